The molecule has 0 spiro atoms. The molecule has 5 heterocycles. The van der Waals surface area contributed by atoms with Crippen LogP contribution in [0.2, 0.25) is 5.02 Å². The normalized spacial score (nSPS) is 28.4. The number of aromatic amines is 1. The zero-order chi connectivity index (χ0) is 22.7. The van der Waals surface area contributed by atoms with Crippen molar-refractivity contribution in [1.82, 2.24) is 19.3 Å². The van der Waals surface area contributed by atoms with E-state index in [-0.39, 0.29) is 24.9 Å². The summed E-state index contributed by atoms with van der Waals surface area (Å²) < 4.78 is 25.1. The number of imidazole rings is 1. The summed E-state index contributed by atoms with van der Waals surface area (Å²) in [6.07, 6.45) is 0.395. The Hall–Kier alpha value is -1.34. The zero-order valence-electron chi connectivity index (χ0n) is 18.2. The second-order valence-corrected chi connectivity index (χ2v) is 8.93. The van der Waals surface area contributed by atoms with Gasteiger partial charge in [-0.25, -0.2) is 4.31 Å². The number of piperidine rings is 1. The molecule has 3 aliphatic heterocycles. The number of ether oxygens (including phenoxy) is 4. The molecule has 3 fully saturated rings. The van der Waals surface area contributed by atoms with Crippen molar-refractivity contribution < 1.29 is 24.1 Å². The second kappa shape index (κ2) is 10.7. The van der Waals surface area contributed by atoms with Gasteiger partial charge in [0.2, 0.25) is 5.88 Å². The van der Waals surface area contributed by atoms with E-state index < -0.39 is 6.10 Å². The number of rotatable bonds is 6. The Morgan fingerprint density at radius 3 is 2.75 bits per heavy atom. The summed E-state index contributed by atoms with van der Waals surface area (Å²) >= 11 is 7.66. The van der Waals surface area contributed by atoms with Crippen LogP contribution in [0.15, 0.2) is 6.07 Å². The molecule has 4 N–H and O–H groups in total. The SMILES string of the molecule is CC.NSN1CCC(COc2nc3nc(O[C@@H]4CO[C@H]5C4OC[C@H]5O)[nH]c3cc2Cl)CC1. The fourth-order valence-electron chi connectivity index (χ4n) is 4.10. The lowest BCUT2D eigenvalue weighted by atomic mass is 9.99. The smallest absolute Gasteiger partial charge is 0.296 e. The number of fused-ring (bicyclic) bond motifs is 2. The largest absolute Gasteiger partial charge is 0.476 e. The molecule has 32 heavy (non-hydrogen) atoms. The molecule has 10 nitrogen and oxygen atoms in total. The van der Waals surface area contributed by atoms with Crippen LogP contribution in [0.5, 0.6) is 11.9 Å². The first kappa shape index (κ1) is 23.8. The number of hydrogen-bond donors (Lipinski definition) is 3. The van der Waals surface area contributed by atoms with Gasteiger partial charge >= 0.3 is 0 Å². The van der Waals surface area contributed by atoms with Crippen LogP contribution in [0, 0.1) is 5.92 Å². The minimum atomic E-state index is -0.624. The maximum Gasteiger partial charge on any atom is 0.296 e. The number of pyridine rings is 1. The van der Waals surface area contributed by atoms with E-state index >= 15 is 0 Å². The molecule has 0 bridgehead atoms. The van der Waals surface area contributed by atoms with Gasteiger partial charge in [-0.1, -0.05) is 25.4 Å². The lowest BCUT2D eigenvalue weighted by molar-refractivity contribution is 0.00706. The van der Waals surface area contributed by atoms with E-state index in [2.05, 4.69) is 19.3 Å². The maximum atomic E-state index is 9.85. The highest BCUT2D eigenvalue weighted by Gasteiger charge is 2.48. The summed E-state index contributed by atoms with van der Waals surface area (Å²) in [4.78, 5) is 11.9. The Bertz CT molecular complexity index is 897. The topological polar surface area (TPSA) is 128 Å². The van der Waals surface area contributed by atoms with Gasteiger partial charge in [-0.3, -0.25) is 5.14 Å². The first-order valence-electron chi connectivity index (χ1n) is 11.0. The number of nitrogens with two attached hydrogens (primary N) is 1. The molecule has 5 rings (SSSR count). The van der Waals surface area contributed by atoms with Gasteiger partial charge in [-0.05, 0) is 24.8 Å². The van der Waals surface area contributed by atoms with Crippen molar-refractivity contribution in [2.45, 2.75) is 51.1 Å². The van der Waals surface area contributed by atoms with Gasteiger partial charge in [-0.15, -0.1) is 0 Å². The van der Waals surface area contributed by atoms with E-state index in [9.17, 15) is 5.11 Å². The zero-order valence-corrected chi connectivity index (χ0v) is 19.8. The first-order chi connectivity index (χ1) is 15.6. The minimum Gasteiger partial charge on any atom is -0.476 e. The van der Waals surface area contributed by atoms with Crippen LogP contribution < -0.4 is 14.6 Å². The highest BCUT2D eigenvalue weighted by molar-refractivity contribution is 7.94. The van der Waals surface area contributed by atoms with E-state index in [1.807, 2.05) is 13.8 Å². The Balaban J connectivity index is 0.00000119. The van der Waals surface area contributed by atoms with Crippen molar-refractivity contribution >= 4 is 34.9 Å². The molecule has 12 heteroatoms. The second-order valence-electron chi connectivity index (χ2n) is 7.80. The van der Waals surface area contributed by atoms with E-state index in [1.54, 1.807) is 6.07 Å². The summed E-state index contributed by atoms with van der Waals surface area (Å²) in [7, 11) is 0. The molecule has 178 valence electrons. The Labute approximate surface area is 196 Å². The summed E-state index contributed by atoms with van der Waals surface area (Å²) in [6.45, 7) is 7.02. The Morgan fingerprint density at radius 2 is 2.00 bits per heavy atom. The van der Waals surface area contributed by atoms with Gasteiger partial charge in [-0.2, -0.15) is 9.97 Å². The lowest BCUT2D eigenvalue weighted by Crippen LogP contribution is -2.34. The number of hydrogen-bond acceptors (Lipinski definition) is 10. The van der Waals surface area contributed by atoms with Crippen LogP contribution in [0.25, 0.3) is 11.2 Å². The van der Waals surface area contributed by atoms with Crippen molar-refractivity contribution in [2.75, 3.05) is 32.9 Å². The van der Waals surface area contributed by atoms with E-state index in [0.717, 1.165) is 25.9 Å². The summed E-state index contributed by atoms with van der Waals surface area (Å²) in [6, 6.07) is 2.04. The van der Waals surface area contributed by atoms with E-state index in [1.165, 1.54) is 12.1 Å². The minimum absolute atomic E-state index is 0.247. The van der Waals surface area contributed by atoms with Crippen LogP contribution >= 0.6 is 23.7 Å². The molecule has 1 unspecified atom stereocenters. The predicted octanol–water partition coefficient (Wildman–Crippen LogP) is 2.16. The van der Waals surface area contributed by atoms with Gasteiger partial charge in [0.1, 0.15) is 23.3 Å². The number of aromatic nitrogens is 3. The van der Waals surface area contributed by atoms with Crippen LogP contribution in [-0.2, 0) is 9.47 Å². The summed E-state index contributed by atoms with van der Waals surface area (Å²) in [5.74, 6) is 0.807. The molecule has 4 atom stereocenters. The third-order valence-corrected chi connectivity index (χ3v) is 6.73. The standard InChI is InChI=1S/C18H24ClN5O5S.C2H6/c19-10-5-11-16(22-17(10)28-6-9-1-3-24(30-20)4-2-9)23-18(21-11)29-13-8-27-14-12(25)7-26-15(13)14;1-2/h5,9,12-15,25H,1-4,6-8,20H2,(H,21,22,23);1-2H3/t12-,13-,14-,15?;/m1./s1. The van der Waals surface area contributed by atoms with E-state index in [0.29, 0.717) is 47.2 Å². The molecule has 0 radical (unpaired) electrons. The molecular weight excluding hydrogens is 458 g/mol. The van der Waals surface area contributed by atoms with Crippen LogP contribution in [-0.4, -0.2) is 81.7 Å². The van der Waals surface area contributed by atoms with E-state index in [4.69, 9.17) is 35.7 Å². The number of nitrogens with zero attached hydrogens (tertiary/aromatic N) is 3. The molecule has 3 aliphatic rings. The third-order valence-electron chi connectivity index (χ3n) is 5.80. The average molecular weight is 488 g/mol. The van der Waals surface area contributed by atoms with Crippen molar-refractivity contribution in [2.24, 2.45) is 11.1 Å². The summed E-state index contributed by atoms with van der Waals surface area (Å²) in [5.41, 5.74) is 1.11. The number of aliphatic hydroxyl groups is 1. The molecule has 0 saturated carbocycles. The molecule has 2 aromatic rings. The highest BCUT2D eigenvalue weighted by Crippen LogP contribution is 2.31. The van der Waals surface area contributed by atoms with Crippen LogP contribution in [0.4, 0.5) is 0 Å². The maximum absolute atomic E-state index is 9.85. The predicted molar refractivity (Wildman–Crippen MR) is 122 cm³/mol. The fraction of sp³-hybridized carbons (Fsp3) is 0.700. The first-order valence-corrected chi connectivity index (χ1v) is 12.2. The summed E-state index contributed by atoms with van der Waals surface area (Å²) in [5, 5.41) is 15.9. The monoisotopic (exact) mass is 487 g/mol. The molecule has 3 saturated heterocycles. The van der Waals surface area contributed by atoms with Gasteiger partial charge in [0, 0.05) is 25.2 Å². The number of halogens is 1. The molecule has 2 aromatic heterocycles. The average Bonchev–Trinajstić information content (AvgIpc) is 3.51. The van der Waals surface area contributed by atoms with Crippen molar-refractivity contribution in [1.29, 1.82) is 0 Å². The van der Waals surface area contributed by atoms with Crippen molar-refractivity contribution in [3.05, 3.63) is 11.1 Å². The van der Waals surface area contributed by atoms with Gasteiger partial charge in [0.05, 0.1) is 25.3 Å². The number of nitrogens with one attached hydrogen (secondary N) is 1. The Morgan fingerprint density at radius 1 is 1.25 bits per heavy atom. The fourth-order valence-corrected chi connectivity index (χ4v) is 4.73. The van der Waals surface area contributed by atoms with Crippen LogP contribution in [0.1, 0.15) is 26.7 Å². The number of aliphatic hydroxyl groups excluding tert-OH is 1. The van der Waals surface area contributed by atoms with Crippen molar-refractivity contribution in [3.8, 4) is 11.9 Å². The van der Waals surface area contributed by atoms with Crippen LogP contribution in [0.3, 0.4) is 0 Å². The molecule has 0 aromatic carbocycles. The van der Waals surface area contributed by atoms with Crippen molar-refractivity contribution in [3.63, 3.8) is 0 Å². The third kappa shape index (κ3) is 5.09. The van der Waals surface area contributed by atoms with Gasteiger partial charge in [0.15, 0.2) is 11.8 Å². The Kier molecular flexibility index (Phi) is 7.98. The quantitative estimate of drug-likeness (QED) is 0.521. The molecule has 0 aliphatic carbocycles. The lowest BCUT2D eigenvalue weighted by Gasteiger charge is -2.29. The van der Waals surface area contributed by atoms with Gasteiger partial charge < -0.3 is 29.0 Å². The molecular formula is C20H30ClN5O5S. The highest BCUT2D eigenvalue weighted by atomic mass is 35.5. The number of H-pyrrole nitrogens is 1. The van der Waals surface area contributed by atoms with Gasteiger partial charge in [0.25, 0.3) is 6.01 Å². The molecule has 0 amide bonds.